The quantitative estimate of drug-likeness (QED) is 0.0800. The van der Waals surface area contributed by atoms with E-state index in [0.29, 0.717) is 35.7 Å². The number of nitrogens with one attached hydrogen (secondary N) is 1. The van der Waals surface area contributed by atoms with Gasteiger partial charge in [0.05, 0.1) is 33.3 Å². The molecule has 0 fully saturated rings. The molecule has 17 heteroatoms. The molecule has 6 N–H and O–H groups in total. The van der Waals surface area contributed by atoms with Crippen LogP contribution < -0.4 is 15.6 Å². The van der Waals surface area contributed by atoms with E-state index in [1.54, 1.807) is 24.7 Å². The van der Waals surface area contributed by atoms with Crippen LogP contribution in [0.15, 0.2) is 48.8 Å². The normalized spacial score (nSPS) is 11.5. The molecule has 16 nitrogen and oxygen atoms in total. The first kappa shape index (κ1) is 35.5. The minimum absolute atomic E-state index is 0.0356. The lowest BCUT2D eigenvalue weighted by atomic mass is 10.2. The Morgan fingerprint density at radius 1 is 1.14 bits per heavy atom. The fraction of sp³-hybridized carbons (Fsp3) is 0.360. The molecule has 0 saturated carbocycles. The van der Waals surface area contributed by atoms with Crippen molar-refractivity contribution in [3.63, 3.8) is 0 Å². The maximum absolute atomic E-state index is 11.9. The summed E-state index contributed by atoms with van der Waals surface area (Å²) in [6.45, 7) is 4.40. The second-order valence-corrected chi connectivity index (χ2v) is 9.15. The highest BCUT2D eigenvalue weighted by Crippen LogP contribution is 2.21. The van der Waals surface area contributed by atoms with Crippen molar-refractivity contribution in [3.8, 4) is 5.88 Å². The van der Waals surface area contributed by atoms with Gasteiger partial charge in [-0.1, -0.05) is 35.4 Å². The van der Waals surface area contributed by atoms with E-state index in [0.717, 1.165) is 5.56 Å². The van der Waals surface area contributed by atoms with Gasteiger partial charge in [-0.2, -0.15) is 9.97 Å². The van der Waals surface area contributed by atoms with Gasteiger partial charge in [0.2, 0.25) is 11.8 Å². The number of anilines is 1. The number of nitrogens with zero attached hydrogens (tertiary/aromatic N) is 4. The van der Waals surface area contributed by atoms with E-state index >= 15 is 0 Å². The summed E-state index contributed by atoms with van der Waals surface area (Å²) in [4.78, 5) is 42.9. The zero-order chi connectivity index (χ0) is 31.5. The average Bonchev–Trinajstić information content (AvgIpc) is 3.37. The number of imidazole rings is 1. The van der Waals surface area contributed by atoms with Crippen LogP contribution in [0.4, 0.5) is 5.95 Å². The van der Waals surface area contributed by atoms with Crippen LogP contribution in [0, 0.1) is 0 Å². The molecular weight excluding hydrogens is 575 g/mol. The lowest BCUT2D eigenvalue weighted by Crippen LogP contribution is -2.31. The zero-order valence-corrected chi connectivity index (χ0v) is 24.1. The Kier molecular flexibility index (Phi) is 16.5. The minimum Gasteiger partial charge on any atom is -0.479 e. The van der Waals surface area contributed by atoms with Gasteiger partial charge < -0.3 is 39.8 Å². The summed E-state index contributed by atoms with van der Waals surface area (Å²) in [6, 6.07) is 8.86. The Morgan fingerprint density at radius 2 is 1.79 bits per heavy atom. The van der Waals surface area contributed by atoms with E-state index in [1.165, 1.54) is 7.11 Å². The first-order valence-electron chi connectivity index (χ1n) is 12.3. The maximum Gasteiger partial charge on any atom is 0.461 e. The number of hydrogen-bond acceptors (Lipinski definition) is 12. The highest BCUT2D eigenvalue weighted by Gasteiger charge is 2.25. The molecule has 0 radical (unpaired) electrons. The molecule has 2 aromatic heterocycles. The summed E-state index contributed by atoms with van der Waals surface area (Å²) in [6.07, 6.45) is 2.66. The molecule has 0 amide bonds. The molecule has 3 rings (SSSR count). The van der Waals surface area contributed by atoms with E-state index in [-0.39, 0.29) is 32.1 Å². The number of aromatic nitrogens is 4. The third-order valence-electron chi connectivity index (χ3n) is 4.70. The first-order chi connectivity index (χ1) is 20.0. The highest BCUT2D eigenvalue weighted by molar-refractivity contribution is 7.42. The largest absolute Gasteiger partial charge is 0.479 e. The van der Waals surface area contributed by atoms with Crippen LogP contribution >= 0.6 is 7.95 Å². The molecule has 1 aromatic carbocycles. The van der Waals surface area contributed by atoms with Gasteiger partial charge in [-0.25, -0.2) is 14.6 Å². The molecule has 2 unspecified atom stereocenters. The van der Waals surface area contributed by atoms with Gasteiger partial charge in [-0.3, -0.25) is 4.79 Å². The smallest absolute Gasteiger partial charge is 0.461 e. The van der Waals surface area contributed by atoms with Crippen LogP contribution in [0.3, 0.4) is 0 Å². The van der Waals surface area contributed by atoms with Crippen molar-refractivity contribution in [2.75, 3.05) is 32.4 Å². The lowest BCUT2D eigenvalue weighted by molar-refractivity contribution is -0.144. The van der Waals surface area contributed by atoms with E-state index in [4.69, 9.17) is 35.3 Å². The van der Waals surface area contributed by atoms with E-state index in [9.17, 15) is 18.9 Å². The number of carbonyl (C=O) groups excluding carboxylic acids is 1. The number of hydrogen-bond donors (Lipinski definition) is 5. The maximum atomic E-state index is 11.9. The molecule has 42 heavy (non-hydrogen) atoms. The van der Waals surface area contributed by atoms with Gasteiger partial charge in [-0.05, 0) is 24.0 Å². The van der Waals surface area contributed by atoms with Gasteiger partial charge in [0, 0.05) is 18.7 Å². The SMILES string of the molecule is CCOC(=O)C(C)N[P+](=O)COCCn1cnc2c(OC)nc(N)nc21.O=C(O)/C=C/C(=O)O.OCc1ccccc1. The Bertz CT molecular complexity index is 1320. The van der Waals surface area contributed by atoms with Crippen molar-refractivity contribution < 1.29 is 48.5 Å². The third kappa shape index (κ3) is 13.7. The molecule has 0 saturated heterocycles. The van der Waals surface area contributed by atoms with Crippen LogP contribution in [0.25, 0.3) is 11.2 Å². The highest BCUT2D eigenvalue weighted by atomic mass is 31.1. The molecule has 2 atom stereocenters. The molecule has 2 heterocycles. The summed E-state index contributed by atoms with van der Waals surface area (Å²) in [5.41, 5.74) is 7.64. The standard InChI is InChI=1S/C14H22N6O5P.C7H8O.C4H4O4/c1-4-25-13(21)9(2)19-26(22)8-24-6-5-20-7-16-10-11(20)17-14(15)18-12(10)23-3;8-6-7-4-2-1-3-5-7;5-3(6)1-2-4(7)8/h7,9H,4-6,8H2,1-3H3,(H,19,22)(H2,15,17,18);1-5,8H,6H2;1-2H,(H,5,6)(H,7,8)/q+1;;/b;;2-1+. The van der Waals surface area contributed by atoms with Crippen LogP contribution in [0.2, 0.25) is 0 Å². The fourth-order valence-electron chi connectivity index (χ4n) is 2.85. The molecular formula is C25H34N6O10P+. The van der Waals surface area contributed by atoms with Crippen molar-refractivity contribution in [2.24, 2.45) is 0 Å². The molecule has 3 aromatic rings. The van der Waals surface area contributed by atoms with Gasteiger partial charge >= 0.3 is 25.9 Å². The summed E-state index contributed by atoms with van der Waals surface area (Å²) < 4.78 is 29.0. The topological polar surface area (TPSA) is 238 Å². The summed E-state index contributed by atoms with van der Waals surface area (Å²) >= 11 is 0. The number of ether oxygens (including phenoxy) is 3. The number of esters is 1. The van der Waals surface area contributed by atoms with Crippen molar-refractivity contribution in [1.29, 1.82) is 0 Å². The lowest BCUT2D eigenvalue weighted by Gasteiger charge is -2.06. The second kappa shape index (κ2) is 19.6. The molecule has 0 aliphatic rings. The number of carbonyl (C=O) groups is 3. The predicted molar refractivity (Wildman–Crippen MR) is 151 cm³/mol. The summed E-state index contributed by atoms with van der Waals surface area (Å²) in [5.74, 6) is -2.59. The van der Waals surface area contributed by atoms with Crippen LogP contribution in [-0.4, -0.2) is 85.5 Å². The van der Waals surface area contributed by atoms with E-state index < -0.39 is 31.9 Å². The van der Waals surface area contributed by atoms with Gasteiger partial charge in [0.1, 0.15) is 6.04 Å². The third-order valence-corrected chi connectivity index (χ3v) is 5.79. The van der Waals surface area contributed by atoms with Crippen molar-refractivity contribution >= 4 is 43.0 Å². The summed E-state index contributed by atoms with van der Waals surface area (Å²) in [5, 5.41) is 26.8. The first-order valence-corrected chi connectivity index (χ1v) is 13.7. The van der Waals surface area contributed by atoms with Crippen LogP contribution in [-0.2, 0) is 41.6 Å². The fourth-order valence-corrected chi connectivity index (χ4v) is 3.76. The van der Waals surface area contributed by atoms with Crippen molar-refractivity contribution in [1.82, 2.24) is 24.6 Å². The number of aliphatic carboxylic acids is 2. The monoisotopic (exact) mass is 609 g/mol. The van der Waals surface area contributed by atoms with Crippen LogP contribution in [0.5, 0.6) is 5.88 Å². The van der Waals surface area contributed by atoms with Gasteiger partial charge in [0.25, 0.3) is 6.35 Å². The minimum atomic E-state index is -1.89. The Balaban J connectivity index is 0.000000447. The average molecular weight is 610 g/mol. The number of fused-ring (bicyclic) bond motifs is 1. The number of aliphatic hydroxyl groups is 1. The number of nitrogen functional groups attached to an aromatic ring is 1. The number of rotatable bonds is 13. The number of carboxylic acid groups (broad SMARTS) is 2. The van der Waals surface area contributed by atoms with E-state index in [1.807, 2.05) is 30.3 Å². The van der Waals surface area contributed by atoms with Gasteiger partial charge in [0.15, 0.2) is 11.2 Å². The molecule has 228 valence electrons. The molecule has 0 spiro atoms. The molecule has 0 aliphatic carbocycles. The van der Waals surface area contributed by atoms with Crippen molar-refractivity contribution in [2.45, 2.75) is 33.0 Å². The Hall–Kier alpha value is -4.50. The number of benzene rings is 1. The number of methoxy groups -OCH3 is 1. The zero-order valence-electron chi connectivity index (χ0n) is 23.2. The van der Waals surface area contributed by atoms with E-state index in [2.05, 4.69) is 20.0 Å². The van der Waals surface area contributed by atoms with Crippen molar-refractivity contribution in [3.05, 3.63) is 54.4 Å². The molecule has 0 aliphatic heterocycles. The predicted octanol–water partition coefficient (Wildman–Crippen LogP) is 1.57. The number of aliphatic hydroxyl groups excluding tert-OH is 1. The van der Waals surface area contributed by atoms with Gasteiger partial charge in [-0.15, -0.1) is 0 Å². The second-order valence-electron chi connectivity index (χ2n) is 7.87. The molecule has 0 bridgehead atoms. The Morgan fingerprint density at radius 3 is 2.31 bits per heavy atom. The Labute approximate surface area is 242 Å². The summed E-state index contributed by atoms with van der Waals surface area (Å²) in [7, 11) is -0.417. The number of nitrogens with two attached hydrogens (primary N) is 1. The number of carboxylic acids is 2. The van der Waals surface area contributed by atoms with Crippen LogP contribution in [0.1, 0.15) is 19.4 Å².